The first-order valence-corrected chi connectivity index (χ1v) is 5.95. The molecule has 4 heteroatoms. The molecule has 4 nitrogen and oxygen atoms in total. The summed E-state index contributed by atoms with van der Waals surface area (Å²) in [6.45, 7) is 2.12. The maximum absolute atomic E-state index is 11.8. The molecule has 0 spiro atoms. The van der Waals surface area contributed by atoms with Crippen LogP contribution in [0.2, 0.25) is 0 Å². The van der Waals surface area contributed by atoms with Crippen LogP contribution in [-0.4, -0.2) is 22.2 Å². The third kappa shape index (κ3) is 2.52. The first kappa shape index (κ1) is 11.8. The van der Waals surface area contributed by atoms with E-state index in [9.17, 15) is 15.0 Å². The maximum Gasteiger partial charge on any atom is 0.255 e. The summed E-state index contributed by atoms with van der Waals surface area (Å²) < 4.78 is 0. The van der Waals surface area contributed by atoms with E-state index in [0.29, 0.717) is 5.92 Å². The SMILES string of the molecule is CCCC1CC1NC(=O)c1cccc(O)c1O. The number of carbonyl (C=O) groups is 1. The highest BCUT2D eigenvalue weighted by Crippen LogP contribution is 2.35. The van der Waals surface area contributed by atoms with Gasteiger partial charge in [0.15, 0.2) is 11.5 Å². The number of hydrogen-bond acceptors (Lipinski definition) is 3. The summed E-state index contributed by atoms with van der Waals surface area (Å²) in [7, 11) is 0. The van der Waals surface area contributed by atoms with Crippen molar-refractivity contribution in [2.24, 2.45) is 5.92 Å². The lowest BCUT2D eigenvalue weighted by atomic mass is 10.1. The first-order chi connectivity index (χ1) is 8.13. The van der Waals surface area contributed by atoms with E-state index in [0.717, 1.165) is 19.3 Å². The van der Waals surface area contributed by atoms with Crippen molar-refractivity contribution in [3.8, 4) is 11.5 Å². The molecule has 1 aliphatic carbocycles. The molecule has 2 atom stereocenters. The molecular formula is C13H17NO3. The molecule has 1 aliphatic rings. The smallest absolute Gasteiger partial charge is 0.255 e. The van der Waals surface area contributed by atoms with Crippen LogP contribution >= 0.6 is 0 Å². The molecule has 92 valence electrons. The van der Waals surface area contributed by atoms with E-state index >= 15 is 0 Å². The zero-order valence-electron chi connectivity index (χ0n) is 9.81. The van der Waals surface area contributed by atoms with Gasteiger partial charge in [-0.2, -0.15) is 0 Å². The molecule has 0 bridgehead atoms. The predicted octanol–water partition coefficient (Wildman–Crippen LogP) is 2.02. The monoisotopic (exact) mass is 235 g/mol. The van der Waals surface area contributed by atoms with Gasteiger partial charge in [0.1, 0.15) is 0 Å². The Morgan fingerprint density at radius 2 is 2.24 bits per heavy atom. The minimum absolute atomic E-state index is 0.132. The number of hydrogen-bond donors (Lipinski definition) is 3. The van der Waals surface area contributed by atoms with Crippen LogP contribution in [0.5, 0.6) is 11.5 Å². The lowest BCUT2D eigenvalue weighted by molar-refractivity contribution is 0.0945. The molecule has 17 heavy (non-hydrogen) atoms. The lowest BCUT2D eigenvalue weighted by Crippen LogP contribution is -2.26. The molecule has 0 radical (unpaired) electrons. The summed E-state index contributed by atoms with van der Waals surface area (Å²) >= 11 is 0. The third-order valence-electron chi connectivity index (χ3n) is 3.16. The van der Waals surface area contributed by atoms with Gasteiger partial charge in [-0.3, -0.25) is 4.79 Å². The minimum Gasteiger partial charge on any atom is -0.504 e. The van der Waals surface area contributed by atoms with Crippen molar-refractivity contribution in [3.63, 3.8) is 0 Å². The third-order valence-corrected chi connectivity index (χ3v) is 3.16. The Bertz CT molecular complexity index is 431. The van der Waals surface area contributed by atoms with Crippen molar-refractivity contribution in [1.29, 1.82) is 0 Å². The first-order valence-electron chi connectivity index (χ1n) is 5.95. The highest BCUT2D eigenvalue weighted by Gasteiger charge is 2.37. The number of carbonyl (C=O) groups excluding carboxylic acids is 1. The van der Waals surface area contributed by atoms with Crippen molar-refractivity contribution in [1.82, 2.24) is 5.32 Å². The maximum atomic E-state index is 11.8. The number of phenolic OH excluding ortho intramolecular Hbond substituents is 2. The molecule has 1 amide bonds. The van der Waals surface area contributed by atoms with Crippen LogP contribution in [0.3, 0.4) is 0 Å². The van der Waals surface area contributed by atoms with E-state index in [4.69, 9.17) is 0 Å². The van der Waals surface area contributed by atoms with E-state index in [1.54, 1.807) is 6.07 Å². The van der Waals surface area contributed by atoms with Gasteiger partial charge in [0.2, 0.25) is 0 Å². The van der Waals surface area contributed by atoms with Gasteiger partial charge in [0.05, 0.1) is 5.56 Å². The number of rotatable bonds is 4. The van der Waals surface area contributed by atoms with Gasteiger partial charge in [0, 0.05) is 6.04 Å². The second kappa shape index (κ2) is 4.65. The number of nitrogens with one attached hydrogen (secondary N) is 1. The molecule has 1 aromatic carbocycles. The van der Waals surface area contributed by atoms with Crippen LogP contribution in [0.4, 0.5) is 0 Å². The average Bonchev–Trinajstić information content (AvgIpc) is 3.01. The van der Waals surface area contributed by atoms with Gasteiger partial charge in [0.25, 0.3) is 5.91 Å². The number of aromatic hydroxyl groups is 2. The fourth-order valence-electron chi connectivity index (χ4n) is 2.07. The molecule has 0 aliphatic heterocycles. The summed E-state index contributed by atoms with van der Waals surface area (Å²) in [4.78, 5) is 11.8. The molecular weight excluding hydrogens is 218 g/mol. The van der Waals surface area contributed by atoms with Crippen molar-refractivity contribution in [2.75, 3.05) is 0 Å². The molecule has 0 heterocycles. The minimum atomic E-state index is -0.349. The van der Waals surface area contributed by atoms with Gasteiger partial charge < -0.3 is 15.5 Å². The van der Waals surface area contributed by atoms with Gasteiger partial charge in [-0.1, -0.05) is 19.4 Å². The molecule has 1 fully saturated rings. The Kier molecular flexibility index (Phi) is 3.22. The van der Waals surface area contributed by atoms with Crippen LogP contribution in [0.25, 0.3) is 0 Å². The van der Waals surface area contributed by atoms with Crippen LogP contribution in [0.15, 0.2) is 18.2 Å². The fraction of sp³-hybridized carbons (Fsp3) is 0.462. The molecule has 1 aromatic rings. The van der Waals surface area contributed by atoms with Gasteiger partial charge >= 0.3 is 0 Å². The van der Waals surface area contributed by atoms with Crippen molar-refractivity contribution >= 4 is 5.91 Å². The molecule has 1 saturated carbocycles. The standard InChI is InChI=1S/C13H17NO3/c1-2-4-8-7-10(8)14-13(17)9-5-3-6-11(15)12(9)16/h3,5-6,8,10,15-16H,2,4,7H2,1H3,(H,14,17). The number of para-hydroxylation sites is 1. The summed E-state index contributed by atoms with van der Waals surface area (Å²) in [5, 5.41) is 21.7. The van der Waals surface area contributed by atoms with Crippen LogP contribution in [0, 0.1) is 5.92 Å². The van der Waals surface area contributed by atoms with E-state index in [1.807, 2.05) is 0 Å². The second-order valence-corrected chi connectivity index (χ2v) is 4.54. The Balaban J connectivity index is 1.99. The number of amides is 1. The quantitative estimate of drug-likeness (QED) is 0.699. The predicted molar refractivity (Wildman–Crippen MR) is 64.0 cm³/mol. The summed E-state index contributed by atoms with van der Waals surface area (Å²) in [5.74, 6) is -0.360. The highest BCUT2D eigenvalue weighted by atomic mass is 16.3. The van der Waals surface area contributed by atoms with Crippen LogP contribution in [0.1, 0.15) is 36.5 Å². The molecule has 0 aromatic heterocycles. The average molecular weight is 235 g/mol. The van der Waals surface area contributed by atoms with E-state index in [2.05, 4.69) is 12.2 Å². The normalized spacial score (nSPS) is 22.2. The topological polar surface area (TPSA) is 69.6 Å². The van der Waals surface area contributed by atoms with Crippen LogP contribution < -0.4 is 5.32 Å². The lowest BCUT2D eigenvalue weighted by Gasteiger charge is -2.07. The molecule has 2 rings (SSSR count). The Morgan fingerprint density at radius 1 is 1.47 bits per heavy atom. The Hall–Kier alpha value is -1.71. The zero-order valence-corrected chi connectivity index (χ0v) is 9.81. The van der Waals surface area contributed by atoms with E-state index < -0.39 is 0 Å². The molecule has 3 N–H and O–H groups in total. The second-order valence-electron chi connectivity index (χ2n) is 4.54. The van der Waals surface area contributed by atoms with Gasteiger partial charge in [-0.15, -0.1) is 0 Å². The van der Waals surface area contributed by atoms with Crippen LogP contribution in [-0.2, 0) is 0 Å². The zero-order chi connectivity index (χ0) is 12.4. The summed E-state index contributed by atoms with van der Waals surface area (Å²) in [6, 6.07) is 4.62. The Labute approximate surface area is 100 Å². The molecule has 0 saturated heterocycles. The highest BCUT2D eigenvalue weighted by molar-refractivity contribution is 5.97. The van der Waals surface area contributed by atoms with Gasteiger partial charge in [-0.25, -0.2) is 0 Å². The summed E-state index contributed by atoms with van der Waals surface area (Å²) in [6.07, 6.45) is 3.25. The van der Waals surface area contributed by atoms with Crippen molar-refractivity contribution < 1.29 is 15.0 Å². The van der Waals surface area contributed by atoms with E-state index in [-0.39, 0.29) is 29.0 Å². The number of phenols is 2. The summed E-state index contributed by atoms with van der Waals surface area (Å²) in [5.41, 5.74) is 0.132. The Morgan fingerprint density at radius 3 is 2.94 bits per heavy atom. The number of benzene rings is 1. The fourth-order valence-corrected chi connectivity index (χ4v) is 2.07. The van der Waals surface area contributed by atoms with Crippen molar-refractivity contribution in [2.45, 2.75) is 32.2 Å². The largest absolute Gasteiger partial charge is 0.504 e. The van der Waals surface area contributed by atoms with Gasteiger partial charge in [-0.05, 0) is 30.9 Å². The molecule has 2 unspecified atom stereocenters. The van der Waals surface area contributed by atoms with E-state index in [1.165, 1.54) is 12.1 Å². The van der Waals surface area contributed by atoms with Crippen molar-refractivity contribution in [3.05, 3.63) is 23.8 Å².